The maximum atomic E-state index is 13.1. The van der Waals surface area contributed by atoms with Crippen molar-refractivity contribution in [2.75, 3.05) is 32.7 Å². The quantitative estimate of drug-likeness (QED) is 0.582. The monoisotopic (exact) mass is 495 g/mol. The minimum absolute atomic E-state index is 0.0458. The molecule has 0 saturated carbocycles. The number of hydrogen-bond donors (Lipinski definition) is 1. The number of carbonyl (C=O) groups is 2. The van der Waals surface area contributed by atoms with Gasteiger partial charge in [0.25, 0.3) is 0 Å². The molecule has 34 heavy (non-hydrogen) atoms. The summed E-state index contributed by atoms with van der Waals surface area (Å²) in [5, 5.41) is 2.52. The molecule has 0 aromatic carbocycles. The molecule has 0 bridgehead atoms. The van der Waals surface area contributed by atoms with Crippen LogP contribution < -0.4 is 5.32 Å². The molecule has 11 heteroatoms. The molecule has 0 spiro atoms. The first-order valence-corrected chi connectivity index (χ1v) is 11.7. The lowest BCUT2D eigenvalue weighted by Gasteiger charge is -2.37. The van der Waals surface area contributed by atoms with E-state index in [0.29, 0.717) is 38.6 Å². The zero-order valence-electron chi connectivity index (χ0n) is 19.1. The third-order valence-electron chi connectivity index (χ3n) is 6.93. The Labute approximate surface area is 195 Å². The highest BCUT2D eigenvalue weighted by molar-refractivity contribution is 5.94. The molecule has 1 aliphatic carbocycles. The summed E-state index contributed by atoms with van der Waals surface area (Å²) in [7, 11) is 0. The van der Waals surface area contributed by atoms with Crippen LogP contribution in [0.1, 0.15) is 45.4 Å². The van der Waals surface area contributed by atoms with Crippen LogP contribution in [0.3, 0.4) is 0 Å². The van der Waals surface area contributed by atoms with Gasteiger partial charge in [-0.1, -0.05) is 6.08 Å². The number of likely N-dealkylation sites (tertiary alicyclic amines) is 2. The lowest BCUT2D eigenvalue weighted by atomic mass is 9.88. The molecule has 0 aromatic heterocycles. The van der Waals surface area contributed by atoms with Gasteiger partial charge in [0.2, 0.25) is 11.8 Å². The number of halogens is 6. The number of hydrogen-bond acceptors (Lipinski definition) is 3. The highest BCUT2D eigenvalue weighted by Gasteiger charge is 2.45. The predicted molar refractivity (Wildman–Crippen MR) is 114 cm³/mol. The van der Waals surface area contributed by atoms with Crippen molar-refractivity contribution >= 4 is 11.8 Å². The van der Waals surface area contributed by atoms with E-state index in [9.17, 15) is 35.9 Å². The first-order chi connectivity index (χ1) is 15.8. The second-order valence-corrected chi connectivity index (χ2v) is 9.50. The number of amides is 2. The van der Waals surface area contributed by atoms with Crippen LogP contribution in [0.15, 0.2) is 23.3 Å². The molecule has 5 nitrogen and oxygen atoms in total. The largest absolute Gasteiger partial charge is 0.416 e. The van der Waals surface area contributed by atoms with Crippen LogP contribution >= 0.6 is 0 Å². The number of rotatable bonds is 5. The first-order valence-electron chi connectivity index (χ1n) is 11.7. The van der Waals surface area contributed by atoms with Crippen LogP contribution in [-0.2, 0) is 9.59 Å². The fraction of sp³-hybridized carbons (Fsp3) is 0.739. The van der Waals surface area contributed by atoms with Crippen LogP contribution in [-0.4, -0.2) is 72.7 Å². The van der Waals surface area contributed by atoms with E-state index in [0.717, 1.165) is 25.8 Å². The summed E-state index contributed by atoms with van der Waals surface area (Å²) in [6, 6.07) is 0.243. The second kappa shape index (κ2) is 10.7. The highest BCUT2D eigenvalue weighted by atomic mass is 19.4. The average molecular weight is 496 g/mol. The van der Waals surface area contributed by atoms with Crippen LogP contribution in [0.2, 0.25) is 0 Å². The van der Waals surface area contributed by atoms with Gasteiger partial charge in [-0.15, -0.1) is 0 Å². The van der Waals surface area contributed by atoms with Gasteiger partial charge >= 0.3 is 12.4 Å². The van der Waals surface area contributed by atoms with Crippen molar-refractivity contribution in [3.63, 3.8) is 0 Å². The number of piperidine rings is 2. The van der Waals surface area contributed by atoms with E-state index in [1.165, 1.54) is 0 Å². The van der Waals surface area contributed by atoms with Crippen molar-refractivity contribution in [2.45, 2.75) is 63.8 Å². The first kappa shape index (κ1) is 26.6. The maximum absolute atomic E-state index is 13.1. The zero-order valence-corrected chi connectivity index (χ0v) is 19.1. The summed E-state index contributed by atoms with van der Waals surface area (Å²) in [6.45, 7) is 4.63. The Bertz CT molecular complexity index is 813. The Hall–Kier alpha value is -2.04. The molecule has 2 atom stereocenters. The molecular weight excluding hydrogens is 464 g/mol. The fourth-order valence-corrected chi connectivity index (χ4v) is 4.80. The smallest absolute Gasteiger partial charge is 0.352 e. The lowest BCUT2D eigenvalue weighted by molar-refractivity contribution is -0.162. The summed E-state index contributed by atoms with van der Waals surface area (Å²) in [5.74, 6) is -3.10. The standard InChI is InChI=1S/C23H31F6N3O2/c1-15-4-2-3-7-32(15)20(33)14-31-8-5-16(6-9-31)13-30-21(34)17-10-18(22(24,25)26)12-19(11-17)23(27,28)29/h10,12,15-16,19H,2-9,11,13-14H2,1H3,(H,30,34)/t15-,19?/m1/s1. The number of allylic oxidation sites excluding steroid dienone is 3. The molecule has 2 heterocycles. The Morgan fingerprint density at radius 2 is 1.71 bits per heavy atom. The summed E-state index contributed by atoms with van der Waals surface area (Å²) in [5.41, 5.74) is -1.97. The lowest BCUT2D eigenvalue weighted by Crippen LogP contribution is -2.48. The van der Waals surface area contributed by atoms with E-state index >= 15 is 0 Å². The van der Waals surface area contributed by atoms with Crippen molar-refractivity contribution in [1.82, 2.24) is 15.1 Å². The molecule has 1 N–H and O–H groups in total. The van der Waals surface area contributed by atoms with Gasteiger partial charge in [0.15, 0.2) is 0 Å². The van der Waals surface area contributed by atoms with E-state index < -0.39 is 41.7 Å². The number of nitrogens with zero attached hydrogens (tertiary/aromatic N) is 2. The number of carbonyl (C=O) groups excluding carboxylic acids is 2. The van der Waals surface area contributed by atoms with Crippen LogP contribution in [0, 0.1) is 11.8 Å². The summed E-state index contributed by atoms with van der Waals surface area (Å²) >= 11 is 0. The van der Waals surface area contributed by atoms with Gasteiger partial charge in [-0.3, -0.25) is 14.5 Å². The van der Waals surface area contributed by atoms with E-state index in [2.05, 4.69) is 17.1 Å². The van der Waals surface area contributed by atoms with Crippen molar-refractivity contribution in [2.24, 2.45) is 11.8 Å². The van der Waals surface area contributed by atoms with Gasteiger partial charge in [-0.05, 0) is 70.5 Å². The van der Waals surface area contributed by atoms with Crippen LogP contribution in [0.5, 0.6) is 0 Å². The number of alkyl halides is 6. The molecule has 3 rings (SSSR count). The third-order valence-corrected chi connectivity index (χ3v) is 6.93. The summed E-state index contributed by atoms with van der Waals surface area (Å²) < 4.78 is 78.4. The predicted octanol–water partition coefficient (Wildman–Crippen LogP) is 4.21. The van der Waals surface area contributed by atoms with Crippen molar-refractivity contribution in [3.05, 3.63) is 23.3 Å². The Kier molecular flexibility index (Phi) is 8.36. The molecule has 2 fully saturated rings. The van der Waals surface area contributed by atoms with Crippen LogP contribution in [0.25, 0.3) is 0 Å². The van der Waals surface area contributed by atoms with Gasteiger partial charge in [0.1, 0.15) is 0 Å². The molecule has 192 valence electrons. The molecule has 1 unspecified atom stereocenters. The van der Waals surface area contributed by atoms with Gasteiger partial charge in [-0.2, -0.15) is 26.3 Å². The van der Waals surface area contributed by atoms with E-state index in [4.69, 9.17) is 0 Å². The number of nitrogens with one attached hydrogen (secondary N) is 1. The summed E-state index contributed by atoms with van der Waals surface area (Å²) in [6.07, 6.45) is -5.49. The van der Waals surface area contributed by atoms with Gasteiger partial charge in [-0.25, -0.2) is 0 Å². The maximum Gasteiger partial charge on any atom is 0.416 e. The molecule has 2 amide bonds. The van der Waals surface area contributed by atoms with Crippen molar-refractivity contribution in [1.29, 1.82) is 0 Å². The van der Waals surface area contributed by atoms with Gasteiger partial charge in [0.05, 0.1) is 18.0 Å². The minimum atomic E-state index is -4.97. The Morgan fingerprint density at radius 3 is 2.29 bits per heavy atom. The molecule has 0 radical (unpaired) electrons. The van der Waals surface area contributed by atoms with E-state index in [1.54, 1.807) is 0 Å². The molecular formula is C23H31F6N3O2. The normalized spacial score (nSPS) is 25.6. The molecule has 3 aliphatic rings. The third kappa shape index (κ3) is 6.99. The minimum Gasteiger partial charge on any atom is -0.352 e. The SMILES string of the molecule is C[C@@H]1CCCCN1C(=O)CN1CCC(CNC(=O)C2=CC(C(F)(F)F)=CC(C(F)(F)F)C2)CC1. The van der Waals surface area contributed by atoms with Gasteiger partial charge < -0.3 is 10.2 Å². The topological polar surface area (TPSA) is 52.7 Å². The fourth-order valence-electron chi connectivity index (χ4n) is 4.80. The molecule has 2 aliphatic heterocycles. The zero-order chi connectivity index (χ0) is 25.1. The van der Waals surface area contributed by atoms with Crippen LogP contribution in [0.4, 0.5) is 26.3 Å². The van der Waals surface area contributed by atoms with Crippen molar-refractivity contribution < 1.29 is 35.9 Å². The van der Waals surface area contributed by atoms with E-state index in [-0.39, 0.29) is 30.5 Å². The highest BCUT2D eigenvalue weighted by Crippen LogP contribution is 2.40. The Balaban J connectivity index is 1.48. The molecule has 0 aromatic rings. The second-order valence-electron chi connectivity index (χ2n) is 9.50. The van der Waals surface area contributed by atoms with Crippen molar-refractivity contribution in [3.8, 4) is 0 Å². The summed E-state index contributed by atoms with van der Waals surface area (Å²) in [4.78, 5) is 29.0. The van der Waals surface area contributed by atoms with E-state index in [1.807, 2.05) is 4.90 Å². The Morgan fingerprint density at radius 1 is 1.03 bits per heavy atom. The average Bonchev–Trinajstić information content (AvgIpc) is 2.77. The molecule has 2 saturated heterocycles. The van der Waals surface area contributed by atoms with Gasteiger partial charge in [0, 0.05) is 24.7 Å².